The van der Waals surface area contributed by atoms with Gasteiger partial charge in [0.2, 0.25) is 0 Å². The minimum Gasteiger partial charge on any atom is -0.310 e. The molecule has 110 valence electrons. The highest BCUT2D eigenvalue weighted by atomic mass is 32.1. The molecule has 0 aliphatic rings. The molecular formula is C12H15F3N4S. The third-order valence-corrected chi connectivity index (χ3v) is 3.46. The Morgan fingerprint density at radius 2 is 2.20 bits per heavy atom. The van der Waals surface area contributed by atoms with Gasteiger partial charge in [-0.3, -0.25) is 4.68 Å². The minimum atomic E-state index is -4.40. The van der Waals surface area contributed by atoms with Gasteiger partial charge in [-0.2, -0.15) is 18.3 Å². The summed E-state index contributed by atoms with van der Waals surface area (Å²) in [6.45, 7) is 3.94. The number of rotatable bonds is 6. The quantitative estimate of drug-likeness (QED) is 0.835. The Labute approximate surface area is 118 Å². The van der Waals surface area contributed by atoms with E-state index in [1.54, 1.807) is 0 Å². The molecule has 0 radical (unpaired) electrons. The predicted octanol–water partition coefficient (Wildman–Crippen LogP) is 2.91. The molecular weight excluding hydrogens is 289 g/mol. The lowest BCUT2D eigenvalue weighted by molar-refractivity contribution is -0.141. The van der Waals surface area contributed by atoms with E-state index in [2.05, 4.69) is 22.3 Å². The molecule has 0 aliphatic heterocycles. The first kappa shape index (κ1) is 15.0. The highest BCUT2D eigenvalue weighted by molar-refractivity contribution is 7.09. The molecule has 4 nitrogen and oxygen atoms in total. The average Bonchev–Trinajstić information content (AvgIpc) is 2.99. The van der Waals surface area contributed by atoms with Gasteiger partial charge >= 0.3 is 6.18 Å². The van der Waals surface area contributed by atoms with Crippen LogP contribution in [-0.4, -0.2) is 21.3 Å². The van der Waals surface area contributed by atoms with Gasteiger partial charge in [0.15, 0.2) is 5.69 Å². The zero-order chi connectivity index (χ0) is 14.6. The maximum absolute atomic E-state index is 12.4. The van der Waals surface area contributed by atoms with Crippen LogP contribution in [0, 0.1) is 0 Å². The molecule has 8 heteroatoms. The molecule has 0 bridgehead atoms. The smallest absolute Gasteiger partial charge is 0.310 e. The number of alkyl halides is 3. The Bertz CT molecular complexity index is 547. The molecule has 2 aromatic rings. The standard InChI is InChI=1S/C12H15F3N4S/c1-2-4-16-6-11-17-9(8-20-11)7-19-5-3-10(18-19)12(13,14)15/h3,5,8,16H,2,4,6-7H2,1H3. The van der Waals surface area contributed by atoms with Crippen LogP contribution in [0.2, 0.25) is 0 Å². The Morgan fingerprint density at radius 1 is 1.40 bits per heavy atom. The second-order valence-corrected chi connectivity index (χ2v) is 5.25. The predicted molar refractivity (Wildman–Crippen MR) is 70.4 cm³/mol. The third-order valence-electron chi connectivity index (χ3n) is 2.56. The van der Waals surface area contributed by atoms with Crippen LogP contribution < -0.4 is 5.32 Å². The molecule has 20 heavy (non-hydrogen) atoms. The summed E-state index contributed by atoms with van der Waals surface area (Å²) < 4.78 is 38.5. The fraction of sp³-hybridized carbons (Fsp3) is 0.500. The molecule has 0 saturated carbocycles. The van der Waals surface area contributed by atoms with E-state index in [1.165, 1.54) is 22.2 Å². The van der Waals surface area contributed by atoms with Gasteiger partial charge in [-0.25, -0.2) is 4.98 Å². The summed E-state index contributed by atoms with van der Waals surface area (Å²) in [5, 5.41) is 9.50. The van der Waals surface area contributed by atoms with Crippen molar-refractivity contribution in [2.45, 2.75) is 32.6 Å². The van der Waals surface area contributed by atoms with Crippen molar-refractivity contribution in [3.8, 4) is 0 Å². The third kappa shape index (κ3) is 4.04. The first-order valence-corrected chi connectivity index (χ1v) is 7.11. The Kier molecular flexibility index (Phi) is 4.77. The van der Waals surface area contributed by atoms with E-state index in [4.69, 9.17) is 0 Å². The topological polar surface area (TPSA) is 42.7 Å². The lowest BCUT2D eigenvalue weighted by Gasteiger charge is -2.01. The first-order valence-electron chi connectivity index (χ1n) is 6.23. The van der Waals surface area contributed by atoms with Crippen molar-refractivity contribution in [1.29, 1.82) is 0 Å². The first-order chi connectivity index (χ1) is 9.49. The van der Waals surface area contributed by atoms with Gasteiger partial charge < -0.3 is 5.32 Å². The molecule has 1 N–H and O–H groups in total. The number of nitrogens with zero attached hydrogens (tertiary/aromatic N) is 3. The summed E-state index contributed by atoms with van der Waals surface area (Å²) in [6, 6.07) is 0.968. The summed E-state index contributed by atoms with van der Waals surface area (Å²) in [6.07, 6.45) is -2.04. The van der Waals surface area contributed by atoms with Gasteiger partial charge in [0.25, 0.3) is 0 Å². The molecule has 0 aromatic carbocycles. The van der Waals surface area contributed by atoms with Crippen LogP contribution in [0.4, 0.5) is 13.2 Å². The molecule has 2 aromatic heterocycles. The van der Waals surface area contributed by atoms with Gasteiger partial charge in [-0.05, 0) is 19.0 Å². The zero-order valence-corrected chi connectivity index (χ0v) is 11.8. The molecule has 0 spiro atoms. The van der Waals surface area contributed by atoms with Crippen molar-refractivity contribution in [3.63, 3.8) is 0 Å². The molecule has 0 atom stereocenters. The van der Waals surface area contributed by atoms with Crippen LogP contribution in [0.3, 0.4) is 0 Å². The number of hydrogen-bond donors (Lipinski definition) is 1. The van der Waals surface area contributed by atoms with Crippen molar-refractivity contribution in [1.82, 2.24) is 20.1 Å². The molecule has 0 aliphatic carbocycles. The van der Waals surface area contributed by atoms with Crippen LogP contribution >= 0.6 is 11.3 Å². The number of nitrogens with one attached hydrogen (secondary N) is 1. The van der Waals surface area contributed by atoms with Crippen LogP contribution in [0.15, 0.2) is 17.6 Å². The minimum absolute atomic E-state index is 0.250. The summed E-state index contributed by atoms with van der Waals surface area (Å²) in [7, 11) is 0. The SMILES string of the molecule is CCCNCc1nc(Cn2ccc(C(F)(F)F)n2)cs1. The van der Waals surface area contributed by atoms with Crippen molar-refractivity contribution in [3.05, 3.63) is 34.0 Å². The van der Waals surface area contributed by atoms with Gasteiger partial charge in [0.1, 0.15) is 5.01 Å². The largest absolute Gasteiger partial charge is 0.435 e. The molecule has 2 heterocycles. The molecule has 0 fully saturated rings. The number of halogens is 3. The molecule has 0 amide bonds. The van der Waals surface area contributed by atoms with E-state index < -0.39 is 11.9 Å². The summed E-state index contributed by atoms with van der Waals surface area (Å²) in [5.41, 5.74) is -0.155. The van der Waals surface area contributed by atoms with E-state index in [0.717, 1.165) is 29.7 Å². The van der Waals surface area contributed by atoms with Crippen LogP contribution in [0.1, 0.15) is 29.7 Å². The normalized spacial score (nSPS) is 12.0. The maximum atomic E-state index is 12.4. The maximum Gasteiger partial charge on any atom is 0.435 e. The Morgan fingerprint density at radius 3 is 2.85 bits per heavy atom. The highest BCUT2D eigenvalue weighted by Crippen LogP contribution is 2.27. The van der Waals surface area contributed by atoms with Crippen molar-refractivity contribution >= 4 is 11.3 Å². The number of hydrogen-bond acceptors (Lipinski definition) is 4. The fourth-order valence-corrected chi connectivity index (χ4v) is 2.40. The molecule has 0 unspecified atom stereocenters. The van der Waals surface area contributed by atoms with E-state index in [0.29, 0.717) is 6.54 Å². The summed E-state index contributed by atoms with van der Waals surface area (Å²) in [5.74, 6) is 0. The van der Waals surface area contributed by atoms with Crippen LogP contribution in [0.5, 0.6) is 0 Å². The van der Waals surface area contributed by atoms with Gasteiger partial charge in [-0.1, -0.05) is 6.92 Å². The van der Waals surface area contributed by atoms with Crippen molar-refractivity contribution in [2.75, 3.05) is 6.54 Å². The highest BCUT2D eigenvalue weighted by Gasteiger charge is 2.33. The second kappa shape index (κ2) is 6.36. The summed E-state index contributed by atoms with van der Waals surface area (Å²) >= 11 is 1.49. The average molecular weight is 304 g/mol. The van der Waals surface area contributed by atoms with Gasteiger partial charge in [0.05, 0.1) is 12.2 Å². The molecule has 2 rings (SSSR count). The Hall–Kier alpha value is -1.41. The van der Waals surface area contributed by atoms with Crippen LogP contribution in [0.25, 0.3) is 0 Å². The number of thiazole rings is 1. The number of aromatic nitrogens is 3. The zero-order valence-electron chi connectivity index (χ0n) is 10.9. The lowest BCUT2D eigenvalue weighted by Crippen LogP contribution is -2.13. The molecule has 0 saturated heterocycles. The van der Waals surface area contributed by atoms with Crippen LogP contribution in [-0.2, 0) is 19.3 Å². The second-order valence-electron chi connectivity index (χ2n) is 4.31. The van der Waals surface area contributed by atoms with Gasteiger partial charge in [-0.15, -0.1) is 11.3 Å². The fourth-order valence-electron chi connectivity index (χ4n) is 1.64. The van der Waals surface area contributed by atoms with E-state index in [-0.39, 0.29) is 6.54 Å². The Balaban J connectivity index is 1.95. The monoisotopic (exact) mass is 304 g/mol. The summed E-state index contributed by atoms with van der Waals surface area (Å²) in [4.78, 5) is 4.36. The van der Waals surface area contributed by atoms with E-state index in [1.807, 2.05) is 5.38 Å². The van der Waals surface area contributed by atoms with Crippen molar-refractivity contribution < 1.29 is 13.2 Å². The van der Waals surface area contributed by atoms with E-state index >= 15 is 0 Å². The van der Waals surface area contributed by atoms with Gasteiger partial charge in [0, 0.05) is 18.1 Å². The van der Waals surface area contributed by atoms with Crippen molar-refractivity contribution in [2.24, 2.45) is 0 Å². The lowest BCUT2D eigenvalue weighted by atomic mass is 10.4. The van der Waals surface area contributed by atoms with E-state index in [9.17, 15) is 13.2 Å².